The van der Waals surface area contributed by atoms with Crippen molar-refractivity contribution in [3.63, 3.8) is 0 Å². The van der Waals surface area contributed by atoms with E-state index >= 15 is 0 Å². The minimum absolute atomic E-state index is 0.0310. The molecule has 10 atom stereocenters. The minimum Gasteiger partial charge on any atom is -0.367 e. The lowest BCUT2D eigenvalue weighted by atomic mass is 9.90. The third-order valence-corrected chi connectivity index (χ3v) is 10.8. The number of hydrogen-bond donors (Lipinski definition) is 0. The predicted molar refractivity (Wildman–Crippen MR) is 137 cm³/mol. The van der Waals surface area contributed by atoms with Crippen molar-refractivity contribution in [3.8, 4) is 0 Å². The molecule has 0 aromatic rings. The smallest absolute Gasteiger partial charge is 0.0921 e. The summed E-state index contributed by atoms with van der Waals surface area (Å²) in [6.07, 6.45) is 13.3. The highest BCUT2D eigenvalue weighted by Gasteiger charge is 2.60. The molecule has 6 fully saturated rings. The van der Waals surface area contributed by atoms with Crippen molar-refractivity contribution in [2.75, 3.05) is 0 Å². The van der Waals surface area contributed by atoms with Gasteiger partial charge in [0.25, 0.3) is 0 Å². The van der Waals surface area contributed by atoms with Gasteiger partial charge in [0, 0.05) is 0 Å². The van der Waals surface area contributed by atoms with Crippen LogP contribution in [0.2, 0.25) is 0 Å². The molecule has 0 aromatic heterocycles. The molecule has 6 aliphatic rings. The number of rotatable bonds is 15. The van der Waals surface area contributed by atoms with E-state index in [1.54, 1.807) is 0 Å². The highest BCUT2D eigenvalue weighted by atomic mass is 16.6. The lowest BCUT2D eigenvalue weighted by Gasteiger charge is -2.09. The summed E-state index contributed by atoms with van der Waals surface area (Å²) in [6, 6.07) is 0. The van der Waals surface area contributed by atoms with Gasteiger partial charge in [0.15, 0.2) is 0 Å². The fourth-order valence-electron chi connectivity index (χ4n) is 6.95. The number of hydrogen-bond acceptors (Lipinski definition) is 6. The second-order valence-corrected chi connectivity index (χ2v) is 14.8. The Kier molecular flexibility index (Phi) is 5.88. The van der Waals surface area contributed by atoms with E-state index in [9.17, 15) is 0 Å². The summed E-state index contributed by atoms with van der Waals surface area (Å²) in [4.78, 5) is 0. The molecule has 6 saturated heterocycles. The van der Waals surface area contributed by atoms with Gasteiger partial charge in [-0.3, -0.25) is 0 Å². The molecular weight excluding hydrogens is 456 g/mol. The van der Waals surface area contributed by atoms with Gasteiger partial charge in [-0.15, -0.1) is 0 Å². The van der Waals surface area contributed by atoms with E-state index in [1.165, 1.54) is 0 Å². The Hall–Kier alpha value is -0.240. The summed E-state index contributed by atoms with van der Waals surface area (Å²) >= 11 is 0. The van der Waals surface area contributed by atoms with Crippen molar-refractivity contribution in [2.24, 2.45) is 0 Å². The average Bonchev–Trinajstić information content (AvgIpc) is 3.51. The number of ether oxygens (including phenoxy) is 6. The maximum absolute atomic E-state index is 6.17. The standard InChI is InChI=1S/C30H50O6/c1-25(2)19(31-25)11-15-29(7)23(35-29)13-17-27(5)21(33-27)9-10-22-28(6,34-22)18-14-24-30(8,36-24)16-12-20-26(3,4)32-20/h19-24H,9-18H2,1-8H3/t19-,20+,21-,22-,23-,24-,27+,28+,29+,30+/m1/s1. The van der Waals surface area contributed by atoms with Gasteiger partial charge >= 0.3 is 0 Å². The van der Waals surface area contributed by atoms with Gasteiger partial charge in [0.2, 0.25) is 0 Å². The van der Waals surface area contributed by atoms with Crippen molar-refractivity contribution >= 4 is 0 Å². The second kappa shape index (κ2) is 8.14. The molecule has 0 aromatic carbocycles. The van der Waals surface area contributed by atoms with Crippen LogP contribution in [0.4, 0.5) is 0 Å². The molecular formula is C30H50O6. The minimum atomic E-state index is 0.0310. The van der Waals surface area contributed by atoms with Gasteiger partial charge < -0.3 is 28.4 Å². The van der Waals surface area contributed by atoms with E-state index in [1.807, 2.05) is 0 Å². The van der Waals surface area contributed by atoms with Gasteiger partial charge in [0.05, 0.1) is 70.2 Å². The number of epoxide rings is 6. The molecule has 0 N–H and O–H groups in total. The highest BCUT2D eigenvalue weighted by molar-refractivity contribution is 5.09. The lowest BCUT2D eigenvalue weighted by molar-refractivity contribution is 0.261. The van der Waals surface area contributed by atoms with Crippen LogP contribution >= 0.6 is 0 Å². The molecule has 6 heteroatoms. The van der Waals surface area contributed by atoms with Crippen LogP contribution in [0.5, 0.6) is 0 Å². The van der Waals surface area contributed by atoms with Crippen LogP contribution in [0.15, 0.2) is 0 Å². The van der Waals surface area contributed by atoms with E-state index in [2.05, 4.69) is 55.4 Å². The Balaban J connectivity index is 0.833. The average molecular weight is 507 g/mol. The molecule has 36 heavy (non-hydrogen) atoms. The summed E-state index contributed by atoms with van der Waals surface area (Å²) in [5.74, 6) is 0. The first kappa shape index (κ1) is 26.0. The third kappa shape index (κ3) is 5.29. The lowest BCUT2D eigenvalue weighted by Crippen LogP contribution is -2.17. The van der Waals surface area contributed by atoms with Crippen LogP contribution in [0, 0.1) is 0 Å². The fraction of sp³-hybridized carbons (Fsp3) is 1.00. The summed E-state index contributed by atoms with van der Waals surface area (Å²) in [7, 11) is 0. The molecule has 206 valence electrons. The van der Waals surface area contributed by atoms with Crippen molar-refractivity contribution in [1.82, 2.24) is 0 Å². The molecule has 6 aliphatic heterocycles. The van der Waals surface area contributed by atoms with Crippen LogP contribution in [-0.2, 0) is 28.4 Å². The Morgan fingerprint density at radius 2 is 0.556 bits per heavy atom. The monoisotopic (exact) mass is 506 g/mol. The molecule has 6 rings (SSSR count). The fourth-order valence-corrected chi connectivity index (χ4v) is 6.95. The molecule has 0 unspecified atom stereocenters. The van der Waals surface area contributed by atoms with Crippen LogP contribution in [0.3, 0.4) is 0 Å². The van der Waals surface area contributed by atoms with Gasteiger partial charge in [-0.1, -0.05) is 0 Å². The van der Waals surface area contributed by atoms with Gasteiger partial charge in [-0.25, -0.2) is 0 Å². The van der Waals surface area contributed by atoms with Gasteiger partial charge in [-0.05, 0) is 120 Å². The van der Waals surface area contributed by atoms with Crippen LogP contribution in [0.25, 0.3) is 0 Å². The highest BCUT2D eigenvalue weighted by Crippen LogP contribution is 2.53. The molecule has 0 radical (unpaired) electrons. The molecule has 0 amide bonds. The largest absolute Gasteiger partial charge is 0.367 e. The van der Waals surface area contributed by atoms with Crippen LogP contribution in [0.1, 0.15) is 120 Å². The van der Waals surface area contributed by atoms with Gasteiger partial charge in [0.1, 0.15) is 0 Å². The van der Waals surface area contributed by atoms with Gasteiger partial charge in [-0.2, -0.15) is 0 Å². The van der Waals surface area contributed by atoms with E-state index in [0.717, 1.165) is 64.2 Å². The Morgan fingerprint density at radius 1 is 0.333 bits per heavy atom. The first-order chi connectivity index (χ1) is 16.7. The first-order valence-electron chi connectivity index (χ1n) is 14.7. The van der Waals surface area contributed by atoms with E-state index in [0.29, 0.717) is 36.6 Å². The van der Waals surface area contributed by atoms with E-state index in [-0.39, 0.29) is 33.6 Å². The van der Waals surface area contributed by atoms with Crippen LogP contribution < -0.4 is 0 Å². The zero-order chi connectivity index (χ0) is 25.8. The molecule has 0 aliphatic carbocycles. The first-order valence-corrected chi connectivity index (χ1v) is 14.7. The molecule has 6 nitrogen and oxygen atoms in total. The zero-order valence-electron chi connectivity index (χ0n) is 24.0. The Bertz CT molecular complexity index is 804. The van der Waals surface area contributed by atoms with Crippen molar-refractivity contribution in [1.29, 1.82) is 0 Å². The van der Waals surface area contributed by atoms with Crippen molar-refractivity contribution in [3.05, 3.63) is 0 Å². The molecule has 0 bridgehead atoms. The van der Waals surface area contributed by atoms with Crippen LogP contribution in [-0.4, -0.2) is 70.2 Å². The van der Waals surface area contributed by atoms with E-state index in [4.69, 9.17) is 28.4 Å². The maximum atomic E-state index is 6.17. The Morgan fingerprint density at radius 3 is 0.806 bits per heavy atom. The summed E-state index contributed by atoms with van der Waals surface area (Å²) in [5, 5.41) is 0. The molecule has 6 heterocycles. The normalized spacial score (nSPS) is 52.7. The van der Waals surface area contributed by atoms with Crippen molar-refractivity contribution in [2.45, 2.75) is 190 Å². The maximum Gasteiger partial charge on any atom is 0.0921 e. The second-order valence-electron chi connectivity index (χ2n) is 14.8. The van der Waals surface area contributed by atoms with E-state index < -0.39 is 0 Å². The van der Waals surface area contributed by atoms with Crippen molar-refractivity contribution < 1.29 is 28.4 Å². The zero-order valence-corrected chi connectivity index (χ0v) is 24.0. The third-order valence-electron chi connectivity index (χ3n) is 10.8. The summed E-state index contributed by atoms with van der Waals surface area (Å²) in [5.41, 5.74) is 0.332. The SMILES string of the molecule is CC1(C)O[C@H]1CC[C@]1(C)O[C@@H]1CC[C@]1(C)O[C@@H]1CC[C@H]1O[C@@]1(C)CC[C@H]1O[C@@]1(C)CC[C@H]1OC1(C)C. The molecule has 0 saturated carbocycles. The summed E-state index contributed by atoms with van der Waals surface area (Å²) in [6.45, 7) is 17.8. The Labute approximate surface area is 218 Å². The quantitative estimate of drug-likeness (QED) is 0.259. The summed E-state index contributed by atoms with van der Waals surface area (Å²) < 4.78 is 36.0. The molecule has 0 spiro atoms. The predicted octanol–water partition coefficient (Wildman–Crippen LogP) is 5.87. The topological polar surface area (TPSA) is 75.2 Å².